The summed E-state index contributed by atoms with van der Waals surface area (Å²) in [6.07, 6.45) is -4.00. The van der Waals surface area contributed by atoms with Gasteiger partial charge in [-0.1, -0.05) is 19.9 Å². The molecule has 1 aromatic carbocycles. The third-order valence-corrected chi connectivity index (χ3v) is 5.73. The number of nitrogens with one attached hydrogen (secondary N) is 1. The predicted molar refractivity (Wildman–Crippen MR) is 112 cm³/mol. The highest BCUT2D eigenvalue weighted by Crippen LogP contribution is 2.33. The van der Waals surface area contributed by atoms with Gasteiger partial charge in [0.2, 0.25) is 11.8 Å². The largest absolute Gasteiger partial charge is 0.439 e. The van der Waals surface area contributed by atoms with Crippen LogP contribution in [0.25, 0.3) is 0 Å². The SMILES string of the molecule is CC(C)C(C)NCC1(O)CCN(c2nc(Oc3cccc(F)c3)cc(C(F)(F)F)n2)CC1. The van der Waals surface area contributed by atoms with Crippen molar-refractivity contribution in [1.29, 1.82) is 0 Å². The topological polar surface area (TPSA) is 70.5 Å². The molecule has 2 heterocycles. The molecule has 3 rings (SSSR count). The fraction of sp³-hybridized carbons (Fsp3) is 0.545. The Hall–Kier alpha value is -2.46. The molecular formula is C22H28F4N4O2. The highest BCUT2D eigenvalue weighted by atomic mass is 19.4. The molecule has 176 valence electrons. The Labute approximate surface area is 184 Å². The van der Waals surface area contributed by atoms with Gasteiger partial charge in [0, 0.05) is 37.8 Å². The average molecular weight is 456 g/mol. The van der Waals surface area contributed by atoms with Crippen LogP contribution in [0.15, 0.2) is 30.3 Å². The molecule has 0 radical (unpaired) electrons. The van der Waals surface area contributed by atoms with E-state index in [4.69, 9.17) is 4.74 Å². The van der Waals surface area contributed by atoms with Gasteiger partial charge in [-0.3, -0.25) is 0 Å². The summed E-state index contributed by atoms with van der Waals surface area (Å²) in [5.74, 6) is -0.614. The zero-order chi connectivity index (χ0) is 23.5. The number of alkyl halides is 3. The molecule has 1 saturated heterocycles. The zero-order valence-corrected chi connectivity index (χ0v) is 18.3. The van der Waals surface area contributed by atoms with Gasteiger partial charge in [-0.2, -0.15) is 18.2 Å². The van der Waals surface area contributed by atoms with Gasteiger partial charge in [-0.05, 0) is 37.8 Å². The predicted octanol–water partition coefficient (Wildman–Crippen LogP) is 4.39. The molecule has 1 aromatic heterocycles. The maximum Gasteiger partial charge on any atom is 0.433 e. The summed E-state index contributed by atoms with van der Waals surface area (Å²) in [5.41, 5.74) is -2.11. The minimum absolute atomic E-state index is 0.0288. The number of benzene rings is 1. The Kier molecular flexibility index (Phi) is 7.24. The highest BCUT2D eigenvalue weighted by Gasteiger charge is 2.37. The van der Waals surface area contributed by atoms with Crippen molar-refractivity contribution in [2.45, 2.75) is 51.4 Å². The molecule has 6 nitrogen and oxygen atoms in total. The van der Waals surface area contributed by atoms with Gasteiger partial charge in [0.25, 0.3) is 0 Å². The van der Waals surface area contributed by atoms with Crippen molar-refractivity contribution < 1.29 is 27.4 Å². The molecule has 0 amide bonds. The number of hydrogen-bond acceptors (Lipinski definition) is 6. The molecule has 1 fully saturated rings. The standard InChI is InChI=1S/C22H28F4N4O2/c1-14(2)15(3)27-13-21(31)7-9-30(10-8-21)20-28-18(22(24,25)26)12-19(29-20)32-17-6-4-5-16(23)11-17/h4-6,11-12,14-15,27,31H,7-10,13H2,1-3H3. The van der Waals surface area contributed by atoms with E-state index in [1.165, 1.54) is 18.2 Å². The van der Waals surface area contributed by atoms with Crippen LogP contribution in [0.4, 0.5) is 23.5 Å². The Morgan fingerprint density at radius 2 is 1.84 bits per heavy atom. The first-order valence-corrected chi connectivity index (χ1v) is 10.6. The quantitative estimate of drug-likeness (QED) is 0.603. The molecule has 32 heavy (non-hydrogen) atoms. The first-order chi connectivity index (χ1) is 14.9. The zero-order valence-electron chi connectivity index (χ0n) is 18.3. The van der Waals surface area contributed by atoms with E-state index < -0.39 is 23.3 Å². The maximum atomic E-state index is 13.4. The summed E-state index contributed by atoms with van der Waals surface area (Å²) >= 11 is 0. The lowest BCUT2D eigenvalue weighted by atomic mass is 9.90. The first-order valence-electron chi connectivity index (χ1n) is 10.6. The highest BCUT2D eigenvalue weighted by molar-refractivity contribution is 5.38. The Bertz CT molecular complexity index is 915. The molecular weight excluding hydrogens is 428 g/mol. The number of anilines is 1. The van der Waals surface area contributed by atoms with Gasteiger partial charge < -0.3 is 20.1 Å². The summed E-state index contributed by atoms with van der Waals surface area (Å²) in [6.45, 7) is 7.18. The van der Waals surface area contributed by atoms with Crippen molar-refractivity contribution >= 4 is 5.95 Å². The number of aliphatic hydroxyl groups is 1. The summed E-state index contributed by atoms with van der Waals surface area (Å²) in [4.78, 5) is 9.38. The number of piperidine rings is 1. The van der Waals surface area contributed by atoms with E-state index in [2.05, 4.69) is 29.1 Å². The smallest absolute Gasteiger partial charge is 0.433 e. The number of rotatable bonds is 7. The molecule has 2 N–H and O–H groups in total. The van der Waals surface area contributed by atoms with Crippen LogP contribution in [-0.2, 0) is 6.18 Å². The van der Waals surface area contributed by atoms with E-state index in [-0.39, 0.29) is 36.7 Å². The first kappa shape index (κ1) is 24.2. The lowest BCUT2D eigenvalue weighted by Crippen LogP contribution is -2.52. The lowest BCUT2D eigenvalue weighted by Gasteiger charge is -2.39. The maximum absolute atomic E-state index is 13.4. The summed E-state index contributed by atoms with van der Waals surface area (Å²) in [7, 11) is 0. The van der Waals surface area contributed by atoms with Crippen LogP contribution in [-0.4, -0.2) is 46.4 Å². The summed E-state index contributed by atoms with van der Waals surface area (Å²) in [6, 6.07) is 5.98. The molecule has 1 atom stereocenters. The van der Waals surface area contributed by atoms with E-state index in [0.717, 1.165) is 6.07 Å². The van der Waals surface area contributed by atoms with Crippen molar-refractivity contribution in [2.75, 3.05) is 24.5 Å². The second-order valence-corrected chi connectivity index (χ2v) is 8.57. The van der Waals surface area contributed by atoms with E-state index in [1.807, 2.05) is 6.92 Å². The number of hydrogen-bond donors (Lipinski definition) is 2. The fourth-order valence-corrected chi connectivity index (χ4v) is 3.29. The molecule has 0 saturated carbocycles. The van der Waals surface area contributed by atoms with Crippen LogP contribution in [0.2, 0.25) is 0 Å². The van der Waals surface area contributed by atoms with Crippen molar-refractivity contribution in [3.63, 3.8) is 0 Å². The van der Waals surface area contributed by atoms with Gasteiger partial charge in [0.15, 0.2) is 5.69 Å². The van der Waals surface area contributed by atoms with Crippen molar-refractivity contribution in [3.8, 4) is 11.6 Å². The molecule has 1 aliphatic heterocycles. The van der Waals surface area contributed by atoms with Crippen molar-refractivity contribution in [3.05, 3.63) is 41.8 Å². The molecule has 10 heteroatoms. The number of nitrogens with zero attached hydrogens (tertiary/aromatic N) is 3. The minimum Gasteiger partial charge on any atom is -0.439 e. The van der Waals surface area contributed by atoms with Crippen LogP contribution >= 0.6 is 0 Å². The molecule has 0 bridgehead atoms. The van der Waals surface area contributed by atoms with Crippen molar-refractivity contribution in [2.24, 2.45) is 5.92 Å². The Morgan fingerprint density at radius 1 is 1.16 bits per heavy atom. The molecule has 1 unspecified atom stereocenters. The fourth-order valence-electron chi connectivity index (χ4n) is 3.29. The monoisotopic (exact) mass is 456 g/mol. The molecule has 0 aliphatic carbocycles. The second-order valence-electron chi connectivity index (χ2n) is 8.57. The van der Waals surface area contributed by atoms with E-state index in [9.17, 15) is 22.7 Å². The molecule has 1 aliphatic rings. The van der Waals surface area contributed by atoms with Gasteiger partial charge in [0.05, 0.1) is 5.60 Å². The number of halogens is 4. The summed E-state index contributed by atoms with van der Waals surface area (Å²) in [5, 5.41) is 14.2. The van der Waals surface area contributed by atoms with Crippen LogP contribution in [0, 0.1) is 11.7 Å². The molecule has 0 spiro atoms. The van der Waals surface area contributed by atoms with Gasteiger partial charge in [-0.15, -0.1) is 0 Å². The number of aromatic nitrogens is 2. The van der Waals surface area contributed by atoms with Crippen LogP contribution in [0.5, 0.6) is 11.6 Å². The third kappa shape index (κ3) is 6.29. The van der Waals surface area contributed by atoms with E-state index in [0.29, 0.717) is 31.4 Å². The third-order valence-electron chi connectivity index (χ3n) is 5.73. The Balaban J connectivity index is 1.76. The van der Waals surface area contributed by atoms with Crippen LogP contribution < -0.4 is 15.0 Å². The normalized spacial score (nSPS) is 17.5. The average Bonchev–Trinajstić information content (AvgIpc) is 2.71. The molecule has 2 aromatic rings. The van der Waals surface area contributed by atoms with E-state index >= 15 is 0 Å². The number of ether oxygens (including phenoxy) is 1. The van der Waals surface area contributed by atoms with Crippen LogP contribution in [0.3, 0.4) is 0 Å². The van der Waals surface area contributed by atoms with E-state index in [1.54, 1.807) is 4.90 Å². The summed E-state index contributed by atoms with van der Waals surface area (Å²) < 4.78 is 59.0. The van der Waals surface area contributed by atoms with Gasteiger partial charge in [0.1, 0.15) is 11.6 Å². The lowest BCUT2D eigenvalue weighted by molar-refractivity contribution is -0.141. The van der Waals surface area contributed by atoms with Crippen molar-refractivity contribution in [1.82, 2.24) is 15.3 Å². The van der Waals surface area contributed by atoms with Gasteiger partial charge in [-0.25, -0.2) is 9.37 Å². The second kappa shape index (κ2) is 9.58. The van der Waals surface area contributed by atoms with Crippen LogP contribution in [0.1, 0.15) is 39.3 Å². The van der Waals surface area contributed by atoms with Gasteiger partial charge >= 0.3 is 6.18 Å². The minimum atomic E-state index is -4.70. The Morgan fingerprint density at radius 3 is 2.44 bits per heavy atom.